The number of aromatic hydroxyl groups is 3. The van der Waals surface area contributed by atoms with Crippen molar-refractivity contribution in [3.63, 3.8) is 0 Å². The molecule has 2 rings (SSSR count). The molecule has 0 fully saturated rings. The number of phenols is 3. The lowest BCUT2D eigenvalue weighted by Crippen LogP contribution is -1.89. The molecule has 3 N–H and O–H groups in total. The molecule has 0 aliphatic heterocycles. The predicted octanol–water partition coefficient (Wildman–Crippen LogP) is 3.16. The van der Waals surface area contributed by atoms with E-state index in [1.165, 1.54) is 12.1 Å². The number of halogens is 1. The predicted molar refractivity (Wildman–Crippen MR) is 68.4 cm³/mol. The van der Waals surface area contributed by atoms with Crippen LogP contribution in [-0.2, 0) is 6.42 Å². The summed E-state index contributed by atoms with van der Waals surface area (Å²) in [5, 5.41) is 28.5. The van der Waals surface area contributed by atoms with E-state index in [1.54, 1.807) is 24.3 Å². The Morgan fingerprint density at radius 3 is 2.18 bits per heavy atom. The first kappa shape index (κ1) is 11.8. The first-order valence-electron chi connectivity index (χ1n) is 5.04. The Kier molecular flexibility index (Phi) is 3.24. The standard InChI is InChI=1S/C13H11BrO3/c14-11-7-12(16)9(6-13(11)17)5-8-1-3-10(15)4-2-8/h1-4,6-7,15-17H,5H2. The smallest absolute Gasteiger partial charge is 0.130 e. The summed E-state index contributed by atoms with van der Waals surface area (Å²) in [6, 6.07) is 9.70. The Hall–Kier alpha value is -1.68. The van der Waals surface area contributed by atoms with E-state index < -0.39 is 0 Å². The lowest BCUT2D eigenvalue weighted by Gasteiger charge is -2.07. The molecule has 0 bridgehead atoms. The summed E-state index contributed by atoms with van der Waals surface area (Å²) in [4.78, 5) is 0. The van der Waals surface area contributed by atoms with E-state index in [4.69, 9.17) is 5.11 Å². The van der Waals surface area contributed by atoms with Gasteiger partial charge in [-0.15, -0.1) is 0 Å². The molecule has 4 heteroatoms. The van der Waals surface area contributed by atoms with Crippen molar-refractivity contribution in [3.8, 4) is 17.2 Å². The Bertz CT molecular complexity index is 535. The highest BCUT2D eigenvalue weighted by Crippen LogP contribution is 2.32. The van der Waals surface area contributed by atoms with Crippen LogP contribution in [0.3, 0.4) is 0 Å². The number of rotatable bonds is 2. The van der Waals surface area contributed by atoms with E-state index in [0.717, 1.165) is 5.56 Å². The average molecular weight is 295 g/mol. The fourth-order valence-corrected chi connectivity index (χ4v) is 1.90. The van der Waals surface area contributed by atoms with Gasteiger partial charge in [-0.3, -0.25) is 0 Å². The third-order valence-electron chi connectivity index (χ3n) is 2.48. The van der Waals surface area contributed by atoms with Crippen molar-refractivity contribution in [1.29, 1.82) is 0 Å². The molecule has 17 heavy (non-hydrogen) atoms. The van der Waals surface area contributed by atoms with Gasteiger partial charge in [0.05, 0.1) is 4.47 Å². The maximum atomic E-state index is 9.74. The quantitative estimate of drug-likeness (QED) is 0.746. The fourth-order valence-electron chi connectivity index (χ4n) is 1.57. The van der Waals surface area contributed by atoms with Crippen LogP contribution in [0.1, 0.15) is 11.1 Å². The lowest BCUT2D eigenvalue weighted by molar-refractivity contribution is 0.452. The fraction of sp³-hybridized carbons (Fsp3) is 0.0769. The minimum atomic E-state index is 0.0941. The molecule has 0 heterocycles. The summed E-state index contributed by atoms with van der Waals surface area (Å²) in [6.07, 6.45) is 0.493. The van der Waals surface area contributed by atoms with Crippen LogP contribution in [0, 0.1) is 0 Å². The van der Waals surface area contributed by atoms with Crippen LogP contribution >= 0.6 is 15.9 Å². The molecule has 0 spiro atoms. The van der Waals surface area contributed by atoms with Crippen molar-refractivity contribution in [2.45, 2.75) is 6.42 Å². The third-order valence-corrected chi connectivity index (χ3v) is 3.11. The molecule has 0 atom stereocenters. The largest absolute Gasteiger partial charge is 0.508 e. The van der Waals surface area contributed by atoms with Crippen molar-refractivity contribution >= 4 is 15.9 Å². The summed E-state index contributed by atoms with van der Waals surface area (Å²) in [5.41, 5.74) is 1.58. The Morgan fingerprint density at radius 2 is 1.53 bits per heavy atom. The first-order valence-corrected chi connectivity index (χ1v) is 5.84. The van der Waals surface area contributed by atoms with Crippen LogP contribution in [-0.4, -0.2) is 15.3 Å². The van der Waals surface area contributed by atoms with E-state index in [1.807, 2.05) is 0 Å². The molecular weight excluding hydrogens is 284 g/mol. The van der Waals surface area contributed by atoms with E-state index in [9.17, 15) is 10.2 Å². The Labute approximate surface area is 107 Å². The molecule has 0 unspecified atom stereocenters. The summed E-state index contributed by atoms with van der Waals surface area (Å²) in [6.45, 7) is 0. The molecular formula is C13H11BrO3. The van der Waals surface area contributed by atoms with Crippen LogP contribution < -0.4 is 0 Å². The van der Waals surface area contributed by atoms with Gasteiger partial charge in [-0.05, 0) is 45.8 Å². The maximum absolute atomic E-state index is 9.74. The normalized spacial score (nSPS) is 10.4. The van der Waals surface area contributed by atoms with Gasteiger partial charge in [-0.1, -0.05) is 12.1 Å². The molecule has 0 aromatic heterocycles. The maximum Gasteiger partial charge on any atom is 0.130 e. The molecule has 0 aliphatic carbocycles. The van der Waals surface area contributed by atoms with Gasteiger partial charge in [-0.2, -0.15) is 0 Å². The zero-order valence-corrected chi connectivity index (χ0v) is 10.5. The second kappa shape index (κ2) is 4.67. The highest BCUT2D eigenvalue weighted by atomic mass is 79.9. The molecule has 0 saturated heterocycles. The minimum absolute atomic E-state index is 0.0941. The summed E-state index contributed by atoms with van der Waals surface area (Å²) in [7, 11) is 0. The van der Waals surface area contributed by atoms with E-state index in [-0.39, 0.29) is 17.2 Å². The van der Waals surface area contributed by atoms with Crippen molar-refractivity contribution in [2.75, 3.05) is 0 Å². The van der Waals surface area contributed by atoms with Gasteiger partial charge in [0, 0.05) is 12.0 Å². The highest BCUT2D eigenvalue weighted by Gasteiger charge is 2.07. The van der Waals surface area contributed by atoms with Gasteiger partial charge in [0.1, 0.15) is 17.2 Å². The van der Waals surface area contributed by atoms with E-state index in [2.05, 4.69) is 15.9 Å². The van der Waals surface area contributed by atoms with Gasteiger partial charge in [0.15, 0.2) is 0 Å². The second-order valence-electron chi connectivity index (χ2n) is 3.78. The highest BCUT2D eigenvalue weighted by molar-refractivity contribution is 9.10. The zero-order chi connectivity index (χ0) is 12.4. The van der Waals surface area contributed by atoms with Crippen LogP contribution in [0.4, 0.5) is 0 Å². The third kappa shape index (κ3) is 2.71. The second-order valence-corrected chi connectivity index (χ2v) is 4.63. The van der Waals surface area contributed by atoms with Gasteiger partial charge < -0.3 is 15.3 Å². The number of hydrogen-bond donors (Lipinski definition) is 3. The molecule has 0 saturated carbocycles. The van der Waals surface area contributed by atoms with Gasteiger partial charge >= 0.3 is 0 Å². The topological polar surface area (TPSA) is 60.7 Å². The minimum Gasteiger partial charge on any atom is -0.508 e. The van der Waals surface area contributed by atoms with Crippen LogP contribution in [0.2, 0.25) is 0 Å². The zero-order valence-electron chi connectivity index (χ0n) is 8.89. The number of hydrogen-bond acceptors (Lipinski definition) is 3. The Morgan fingerprint density at radius 1 is 0.882 bits per heavy atom. The number of benzene rings is 2. The molecule has 3 nitrogen and oxygen atoms in total. The van der Waals surface area contributed by atoms with Crippen LogP contribution in [0.15, 0.2) is 40.9 Å². The lowest BCUT2D eigenvalue weighted by atomic mass is 10.0. The van der Waals surface area contributed by atoms with Gasteiger partial charge in [0.25, 0.3) is 0 Å². The molecule has 0 aliphatic rings. The van der Waals surface area contributed by atoms with Crippen molar-refractivity contribution in [2.24, 2.45) is 0 Å². The summed E-state index contributed by atoms with van der Waals surface area (Å²) in [5.74, 6) is 0.427. The number of phenolic OH excluding ortho intramolecular Hbond substituents is 3. The molecule has 0 amide bonds. The Balaban J connectivity index is 2.30. The molecule has 2 aromatic carbocycles. The van der Waals surface area contributed by atoms with Crippen molar-refractivity contribution in [3.05, 3.63) is 52.0 Å². The van der Waals surface area contributed by atoms with E-state index in [0.29, 0.717) is 16.5 Å². The average Bonchev–Trinajstić information content (AvgIpc) is 2.29. The van der Waals surface area contributed by atoms with Crippen molar-refractivity contribution in [1.82, 2.24) is 0 Å². The summed E-state index contributed by atoms with van der Waals surface area (Å²) >= 11 is 3.13. The first-order chi connectivity index (χ1) is 8.06. The monoisotopic (exact) mass is 294 g/mol. The van der Waals surface area contributed by atoms with Crippen molar-refractivity contribution < 1.29 is 15.3 Å². The molecule has 2 aromatic rings. The van der Waals surface area contributed by atoms with Gasteiger partial charge in [-0.25, -0.2) is 0 Å². The van der Waals surface area contributed by atoms with Crippen LogP contribution in [0.25, 0.3) is 0 Å². The van der Waals surface area contributed by atoms with Crippen LogP contribution in [0.5, 0.6) is 17.2 Å². The molecule has 0 radical (unpaired) electrons. The summed E-state index contributed by atoms with van der Waals surface area (Å²) < 4.78 is 0.462. The molecule has 88 valence electrons. The SMILES string of the molecule is Oc1ccc(Cc2cc(O)c(Br)cc2O)cc1. The van der Waals surface area contributed by atoms with E-state index >= 15 is 0 Å². The van der Waals surface area contributed by atoms with Gasteiger partial charge in [0.2, 0.25) is 0 Å².